The lowest BCUT2D eigenvalue weighted by Crippen LogP contribution is -2.27. The summed E-state index contributed by atoms with van der Waals surface area (Å²) in [5.41, 5.74) is 0.402. The molecule has 0 atom stereocenters. The highest BCUT2D eigenvalue weighted by Crippen LogP contribution is 2.21. The van der Waals surface area contributed by atoms with Crippen LogP contribution in [-0.2, 0) is 14.8 Å². The summed E-state index contributed by atoms with van der Waals surface area (Å²) < 4.78 is 32.3. The minimum absolute atomic E-state index is 0.135. The molecule has 1 N–H and O–H groups in total. The fraction of sp³-hybridized carbons (Fsp3) is 0.533. The van der Waals surface area contributed by atoms with Crippen LogP contribution in [0.1, 0.15) is 30.1 Å². The van der Waals surface area contributed by atoms with E-state index in [4.69, 9.17) is 4.74 Å². The van der Waals surface area contributed by atoms with Crippen LogP contribution in [0.5, 0.6) is 0 Å². The van der Waals surface area contributed by atoms with Gasteiger partial charge in [-0.2, -0.15) is 11.8 Å². The highest BCUT2D eigenvalue weighted by molar-refractivity contribution is 8.00. The zero-order valence-corrected chi connectivity index (χ0v) is 14.2. The molecule has 2 rings (SSSR count). The first-order valence-electron chi connectivity index (χ1n) is 7.29. The van der Waals surface area contributed by atoms with Gasteiger partial charge in [-0.25, -0.2) is 13.1 Å². The largest absolute Gasteiger partial charge is 0.381 e. The summed E-state index contributed by atoms with van der Waals surface area (Å²) in [6.45, 7) is 3.39. The average molecular weight is 343 g/mol. The third-order valence-electron chi connectivity index (χ3n) is 3.47. The molecule has 0 aromatic heterocycles. The molecule has 1 aliphatic heterocycles. The predicted octanol–water partition coefficient (Wildman–Crippen LogP) is 2.08. The Hall–Kier alpha value is -0.890. The van der Waals surface area contributed by atoms with E-state index in [2.05, 4.69) is 4.72 Å². The first kappa shape index (κ1) is 17.5. The minimum atomic E-state index is -3.56. The Balaban J connectivity index is 1.85. The standard InChI is InChI=1S/C15H21NO4S2/c1-12(17)13-3-2-4-15(11-13)22(18,19)16-7-10-21-14-5-8-20-9-6-14/h2-4,11,14,16H,5-10H2,1H3. The lowest BCUT2D eigenvalue weighted by Gasteiger charge is -2.21. The molecule has 1 heterocycles. The Morgan fingerprint density at radius 3 is 2.77 bits per heavy atom. The number of sulfonamides is 1. The van der Waals surface area contributed by atoms with Crippen molar-refractivity contribution in [3.63, 3.8) is 0 Å². The van der Waals surface area contributed by atoms with E-state index in [0.717, 1.165) is 31.8 Å². The molecule has 0 bridgehead atoms. The lowest BCUT2D eigenvalue weighted by atomic mass is 10.2. The molecular weight excluding hydrogens is 322 g/mol. The first-order valence-corrected chi connectivity index (χ1v) is 9.82. The van der Waals surface area contributed by atoms with Crippen LogP contribution >= 0.6 is 11.8 Å². The normalized spacial score (nSPS) is 16.6. The summed E-state index contributed by atoms with van der Waals surface area (Å²) in [6, 6.07) is 6.11. The number of nitrogens with one attached hydrogen (secondary N) is 1. The van der Waals surface area contributed by atoms with E-state index in [1.54, 1.807) is 23.9 Å². The van der Waals surface area contributed by atoms with Gasteiger partial charge in [-0.05, 0) is 31.9 Å². The third kappa shape index (κ3) is 5.08. The van der Waals surface area contributed by atoms with Crippen molar-refractivity contribution in [1.82, 2.24) is 4.72 Å². The predicted molar refractivity (Wildman–Crippen MR) is 87.9 cm³/mol. The van der Waals surface area contributed by atoms with E-state index in [-0.39, 0.29) is 10.7 Å². The second-order valence-corrected chi connectivity index (χ2v) is 8.34. The number of benzene rings is 1. The fourth-order valence-electron chi connectivity index (χ4n) is 2.21. The molecule has 0 aliphatic carbocycles. The molecule has 5 nitrogen and oxygen atoms in total. The smallest absolute Gasteiger partial charge is 0.240 e. The van der Waals surface area contributed by atoms with Crippen LogP contribution < -0.4 is 4.72 Å². The Morgan fingerprint density at radius 1 is 1.36 bits per heavy atom. The van der Waals surface area contributed by atoms with Gasteiger partial charge in [0.25, 0.3) is 0 Å². The highest BCUT2D eigenvalue weighted by Gasteiger charge is 2.16. The van der Waals surface area contributed by atoms with Crippen molar-refractivity contribution < 1.29 is 17.9 Å². The molecule has 0 radical (unpaired) electrons. The summed E-state index contributed by atoms with van der Waals surface area (Å²) in [6.07, 6.45) is 2.05. The van der Waals surface area contributed by atoms with E-state index in [1.165, 1.54) is 19.1 Å². The Morgan fingerprint density at radius 2 is 2.09 bits per heavy atom. The summed E-state index contributed by atoms with van der Waals surface area (Å²) in [5.74, 6) is 0.586. The van der Waals surface area contributed by atoms with Crippen molar-refractivity contribution in [3.05, 3.63) is 29.8 Å². The molecule has 0 spiro atoms. The van der Waals surface area contributed by atoms with Crippen molar-refractivity contribution in [2.75, 3.05) is 25.5 Å². The molecule has 1 aromatic rings. The van der Waals surface area contributed by atoms with Crippen LogP contribution in [0.2, 0.25) is 0 Å². The first-order chi connectivity index (χ1) is 10.5. The second-order valence-electron chi connectivity index (χ2n) is 5.16. The highest BCUT2D eigenvalue weighted by atomic mass is 32.2. The number of hydrogen-bond acceptors (Lipinski definition) is 5. The number of carbonyl (C=O) groups excluding carboxylic acids is 1. The minimum Gasteiger partial charge on any atom is -0.381 e. The van der Waals surface area contributed by atoms with Crippen molar-refractivity contribution in [2.45, 2.75) is 29.9 Å². The monoisotopic (exact) mass is 343 g/mol. The van der Waals surface area contributed by atoms with Crippen molar-refractivity contribution >= 4 is 27.6 Å². The molecule has 0 unspecified atom stereocenters. The van der Waals surface area contributed by atoms with Gasteiger partial charge in [-0.3, -0.25) is 4.79 Å². The molecule has 0 saturated carbocycles. The number of carbonyl (C=O) groups is 1. The van der Waals surface area contributed by atoms with Crippen LogP contribution in [0.3, 0.4) is 0 Å². The fourth-order valence-corrected chi connectivity index (χ4v) is 4.50. The second kappa shape index (κ2) is 8.10. The van der Waals surface area contributed by atoms with Gasteiger partial charge in [0.2, 0.25) is 10.0 Å². The van der Waals surface area contributed by atoms with Crippen LogP contribution in [-0.4, -0.2) is 45.0 Å². The maximum atomic E-state index is 12.2. The number of hydrogen-bond donors (Lipinski definition) is 1. The van der Waals surface area contributed by atoms with Gasteiger partial charge in [0.15, 0.2) is 5.78 Å². The molecule has 1 aromatic carbocycles. The Kier molecular flexibility index (Phi) is 6.43. The molecule has 122 valence electrons. The quantitative estimate of drug-likeness (QED) is 0.606. The lowest BCUT2D eigenvalue weighted by molar-refractivity contribution is 0.1000. The SMILES string of the molecule is CC(=O)c1cccc(S(=O)(=O)NCCSC2CCOCC2)c1. The van der Waals surface area contributed by atoms with Crippen LogP contribution in [0.4, 0.5) is 0 Å². The maximum absolute atomic E-state index is 12.2. The number of thioether (sulfide) groups is 1. The Labute approximate surface area is 135 Å². The van der Waals surface area contributed by atoms with E-state index >= 15 is 0 Å². The topological polar surface area (TPSA) is 72.5 Å². The number of ether oxygens (including phenoxy) is 1. The van der Waals surface area contributed by atoms with Gasteiger partial charge in [0.05, 0.1) is 4.90 Å². The van der Waals surface area contributed by atoms with E-state index in [9.17, 15) is 13.2 Å². The van der Waals surface area contributed by atoms with Crippen LogP contribution in [0, 0.1) is 0 Å². The van der Waals surface area contributed by atoms with Crippen molar-refractivity contribution in [3.8, 4) is 0 Å². The van der Waals surface area contributed by atoms with Gasteiger partial charge in [0.1, 0.15) is 0 Å². The molecule has 22 heavy (non-hydrogen) atoms. The van der Waals surface area contributed by atoms with Crippen molar-refractivity contribution in [1.29, 1.82) is 0 Å². The van der Waals surface area contributed by atoms with Gasteiger partial charge in [0, 0.05) is 36.3 Å². The van der Waals surface area contributed by atoms with E-state index in [0.29, 0.717) is 17.4 Å². The zero-order valence-electron chi connectivity index (χ0n) is 12.6. The number of ketones is 1. The molecule has 1 aliphatic rings. The maximum Gasteiger partial charge on any atom is 0.240 e. The average Bonchev–Trinajstić information content (AvgIpc) is 2.53. The molecule has 7 heteroatoms. The Bertz CT molecular complexity index is 610. The van der Waals surface area contributed by atoms with Gasteiger partial charge < -0.3 is 4.74 Å². The van der Waals surface area contributed by atoms with E-state index in [1.807, 2.05) is 0 Å². The third-order valence-corrected chi connectivity index (χ3v) is 6.31. The number of rotatable bonds is 7. The summed E-state index contributed by atoms with van der Waals surface area (Å²) in [4.78, 5) is 11.5. The summed E-state index contributed by atoms with van der Waals surface area (Å²) in [5, 5.41) is 0.555. The van der Waals surface area contributed by atoms with Crippen LogP contribution in [0.15, 0.2) is 29.2 Å². The molecule has 1 saturated heterocycles. The van der Waals surface area contributed by atoms with Gasteiger partial charge in [-0.1, -0.05) is 12.1 Å². The zero-order chi connectivity index (χ0) is 16.0. The van der Waals surface area contributed by atoms with Gasteiger partial charge in [-0.15, -0.1) is 0 Å². The molecule has 0 amide bonds. The molecular formula is C15H21NO4S2. The summed E-state index contributed by atoms with van der Waals surface area (Å²) in [7, 11) is -3.56. The molecule has 1 fully saturated rings. The van der Waals surface area contributed by atoms with Crippen LogP contribution in [0.25, 0.3) is 0 Å². The van der Waals surface area contributed by atoms with Gasteiger partial charge >= 0.3 is 0 Å². The summed E-state index contributed by atoms with van der Waals surface area (Å²) >= 11 is 1.78. The van der Waals surface area contributed by atoms with Crippen molar-refractivity contribution in [2.24, 2.45) is 0 Å². The number of Topliss-reactive ketones (excluding diaryl/α,β-unsaturated/α-hetero) is 1. The van der Waals surface area contributed by atoms with E-state index < -0.39 is 10.0 Å².